The minimum absolute atomic E-state index is 0.0234. The number of rotatable bonds is 33. The fraction of sp³-hybridized carbons (Fsp3) is 0.542. The van der Waals surface area contributed by atoms with E-state index < -0.39 is 135 Å². The van der Waals surface area contributed by atoms with Crippen molar-refractivity contribution in [3.8, 4) is 11.5 Å². The van der Waals surface area contributed by atoms with E-state index in [-0.39, 0.29) is 42.8 Å². The molecule has 3 amide bonds. The zero-order valence-electron chi connectivity index (χ0n) is 47.0. The number of phosphoric acid groups is 1. The number of nitrogens with one attached hydrogen (secondary N) is 2. The van der Waals surface area contributed by atoms with Crippen molar-refractivity contribution in [2.24, 2.45) is 23.2 Å². The van der Waals surface area contributed by atoms with E-state index >= 15 is 0 Å². The van der Waals surface area contributed by atoms with Crippen LogP contribution in [0.5, 0.6) is 11.5 Å². The number of ketones is 3. The van der Waals surface area contributed by atoms with Gasteiger partial charge in [0.15, 0.2) is 11.6 Å². The van der Waals surface area contributed by atoms with Crippen molar-refractivity contribution in [2.75, 3.05) is 13.2 Å². The van der Waals surface area contributed by atoms with E-state index in [1.54, 1.807) is 45.0 Å². The van der Waals surface area contributed by atoms with Gasteiger partial charge in [-0.3, -0.25) is 28.8 Å². The molecule has 3 aromatic carbocycles. The summed E-state index contributed by atoms with van der Waals surface area (Å²) in [5, 5.41) is 28.5. The number of aliphatic carboxylic acids is 2. The first-order valence-corrected chi connectivity index (χ1v) is 28.8. The largest absolute Gasteiger partial charge is 0.780 e. The molecule has 0 spiro atoms. The summed E-state index contributed by atoms with van der Waals surface area (Å²) in [5.41, 5.74) is 3.06. The second kappa shape index (κ2) is 30.7. The summed E-state index contributed by atoms with van der Waals surface area (Å²) in [6.45, 7) is 14.4. The zero-order chi connectivity index (χ0) is 59.5. The number of nitrogens with zero attached hydrogens (tertiary/aromatic N) is 1. The average Bonchev–Trinajstić information content (AvgIpc) is 3.41. The number of carboxylic acid groups (broad SMARTS) is 2. The van der Waals surface area contributed by atoms with E-state index in [1.807, 2.05) is 52.8 Å². The van der Waals surface area contributed by atoms with Crippen LogP contribution in [0.2, 0.25) is 0 Å². The number of piperidine rings is 1. The molecule has 0 saturated carbocycles. The number of hydrogen-bond donors (Lipinski definition) is 2. The first kappa shape index (κ1) is 65.8. The highest BCUT2D eigenvalue weighted by Gasteiger charge is 2.41. The van der Waals surface area contributed by atoms with Crippen LogP contribution in [0, 0.1) is 37.0 Å². The normalized spacial score (nSPS) is 15.9. The molecule has 21 heteroatoms. The molecule has 438 valence electrons. The minimum Gasteiger partial charge on any atom is -0.780 e. The molecule has 3 aromatic rings. The third-order valence-electron chi connectivity index (χ3n) is 15.1. The Morgan fingerprint density at radius 3 is 2.04 bits per heavy atom. The van der Waals surface area contributed by atoms with Gasteiger partial charge in [-0.2, -0.15) is 0 Å². The molecule has 2 N–H and O–H groups in total. The Morgan fingerprint density at radius 2 is 1.41 bits per heavy atom. The number of likely N-dealkylation sites (tertiary alicyclic amines) is 1. The van der Waals surface area contributed by atoms with Crippen LogP contribution in [0.15, 0.2) is 66.7 Å². The third-order valence-corrected chi connectivity index (χ3v) is 15.5. The molecule has 7 atom stereocenters. The highest BCUT2D eigenvalue weighted by molar-refractivity contribution is 7.43. The van der Waals surface area contributed by atoms with Crippen LogP contribution < -0.4 is 39.9 Å². The number of phosphoric ester groups is 1. The van der Waals surface area contributed by atoms with Gasteiger partial charge in [-0.15, -0.1) is 0 Å². The van der Waals surface area contributed by atoms with Crippen LogP contribution in [0.4, 0.5) is 0 Å². The number of Topliss-reactive ketones (excluding diaryl/α,β-unsaturated/α-hetero) is 3. The van der Waals surface area contributed by atoms with E-state index in [0.717, 1.165) is 28.8 Å². The summed E-state index contributed by atoms with van der Waals surface area (Å²) < 4.78 is 28.0. The molecular formula is C59H76N3O17P-4. The molecule has 0 radical (unpaired) electrons. The van der Waals surface area contributed by atoms with Crippen molar-refractivity contribution in [3.63, 3.8) is 0 Å². The number of hydrogen-bond acceptors (Lipinski definition) is 17. The molecule has 1 fully saturated rings. The maximum Gasteiger partial charge on any atom is 0.329 e. The van der Waals surface area contributed by atoms with E-state index in [0.29, 0.717) is 56.1 Å². The van der Waals surface area contributed by atoms with Crippen LogP contribution in [0.25, 0.3) is 0 Å². The van der Waals surface area contributed by atoms with Gasteiger partial charge >= 0.3 is 5.97 Å². The number of carboxylic acids is 2. The standard InChI is InChI=1S/C59H80N3O17P/c1-9-36(3)39(6)60-55(70)43(22-27-52(65)66)34-50(64)48(25-28-53(67)68)61-56(71)44(31-41-19-23-46(24-20-41)79-80(74,75)76)32-45(63)35-77-47-15-13-14-42(33-47)51(26-21-40-18-17-37(4)38(5)30-40)78-58(73)49-16-11-12-29-62(49)57(72)54(69)59(7,8)10-2/h13-15,17-20,23-24,30,33,36,39,43-44,48-49,51H,9-12,16,21-22,25-29,31-32,34-35H2,1-8H3,(H,60,70)(H,61,71)(H,65,66)(H,67,68)(H2,74,75,76)/p-4/t36?,39-,43-,44-,48+,49-,51+/m0/s1. The Bertz CT molecular complexity index is 2720. The fourth-order valence-electron chi connectivity index (χ4n) is 9.14. The van der Waals surface area contributed by atoms with Crippen LogP contribution in [-0.2, 0) is 65.3 Å². The maximum absolute atomic E-state index is 14.3. The summed E-state index contributed by atoms with van der Waals surface area (Å²) in [6, 6.07) is 14.6. The van der Waals surface area contributed by atoms with Crippen molar-refractivity contribution in [1.82, 2.24) is 15.5 Å². The van der Waals surface area contributed by atoms with Crippen molar-refractivity contribution in [3.05, 3.63) is 94.5 Å². The fourth-order valence-corrected chi connectivity index (χ4v) is 9.52. The molecule has 0 aliphatic carbocycles. The average molecular weight is 1130 g/mol. The number of benzene rings is 3. The number of aryl methyl sites for hydroxylation is 3. The molecule has 1 aliphatic heterocycles. The van der Waals surface area contributed by atoms with Crippen LogP contribution in [0.1, 0.15) is 153 Å². The Balaban J connectivity index is 1.61. The number of carbonyl (C=O) groups excluding carboxylic acids is 9. The van der Waals surface area contributed by atoms with Gasteiger partial charge < -0.3 is 63.7 Å². The molecule has 4 rings (SSSR count). The molecule has 0 bridgehead atoms. The lowest BCUT2D eigenvalue weighted by molar-refractivity contribution is -0.334. The van der Waals surface area contributed by atoms with Gasteiger partial charge in [-0.25, -0.2) is 4.79 Å². The highest BCUT2D eigenvalue weighted by atomic mass is 31.2. The second-order valence-electron chi connectivity index (χ2n) is 21.6. The van der Waals surface area contributed by atoms with Gasteiger partial charge in [-0.05, 0) is 149 Å². The van der Waals surface area contributed by atoms with Crippen LogP contribution >= 0.6 is 7.82 Å². The number of carbonyl (C=O) groups is 9. The Hall–Kier alpha value is -6.76. The van der Waals surface area contributed by atoms with E-state index in [4.69, 9.17) is 9.47 Å². The number of esters is 1. The lowest BCUT2D eigenvalue weighted by Gasteiger charge is -2.36. The van der Waals surface area contributed by atoms with Gasteiger partial charge in [0.25, 0.3) is 5.91 Å². The molecule has 80 heavy (non-hydrogen) atoms. The predicted octanol–water partition coefficient (Wildman–Crippen LogP) is 3.98. The number of ether oxygens (including phenoxy) is 2. The van der Waals surface area contributed by atoms with Gasteiger partial charge in [0.05, 0.1) is 6.04 Å². The Labute approximate surface area is 468 Å². The molecule has 1 aliphatic rings. The molecule has 1 unspecified atom stereocenters. The molecular weight excluding hydrogens is 1050 g/mol. The van der Waals surface area contributed by atoms with Gasteiger partial charge in [0.2, 0.25) is 17.6 Å². The quantitative estimate of drug-likeness (QED) is 0.0495. The minimum atomic E-state index is -5.44. The summed E-state index contributed by atoms with van der Waals surface area (Å²) >= 11 is 0. The highest BCUT2D eigenvalue weighted by Crippen LogP contribution is 2.32. The lowest BCUT2D eigenvalue weighted by Crippen LogP contribution is -2.53. The Kier molecular flexibility index (Phi) is 25.3. The Morgan fingerprint density at radius 1 is 0.762 bits per heavy atom. The first-order valence-electron chi connectivity index (χ1n) is 27.3. The van der Waals surface area contributed by atoms with Crippen LogP contribution in [-0.4, -0.2) is 89.2 Å². The molecule has 20 nitrogen and oxygen atoms in total. The SMILES string of the molecule is CCC(C)[C@H](C)NC(=O)[C@@H](CCC(=O)[O-])CC(=O)[C@@H](CCC(=O)[O-])NC(=O)[C@H](CC(=O)COc1cccc([C@@H](CCc2ccc(C)c(C)c2)OC(=O)[C@@H]2CCCCN2C(=O)C(=O)C(C)(C)CC)c1)Cc1ccc(OP(=O)([O-])[O-])cc1. The van der Waals surface area contributed by atoms with E-state index in [1.165, 1.54) is 17.0 Å². The van der Waals surface area contributed by atoms with Crippen molar-refractivity contribution in [2.45, 2.75) is 170 Å². The van der Waals surface area contributed by atoms with E-state index in [9.17, 15) is 67.7 Å². The van der Waals surface area contributed by atoms with Gasteiger partial charge in [0.1, 0.15) is 38.1 Å². The molecule has 0 aromatic heterocycles. The summed E-state index contributed by atoms with van der Waals surface area (Å²) in [4.78, 5) is 144. The predicted molar refractivity (Wildman–Crippen MR) is 286 cm³/mol. The van der Waals surface area contributed by atoms with Gasteiger partial charge in [-0.1, -0.05) is 83.5 Å². The summed E-state index contributed by atoms with van der Waals surface area (Å²) in [5.74, 6) is -10.6. The van der Waals surface area contributed by atoms with Crippen molar-refractivity contribution >= 4 is 60.8 Å². The van der Waals surface area contributed by atoms with Crippen molar-refractivity contribution in [1.29, 1.82) is 0 Å². The van der Waals surface area contributed by atoms with Crippen molar-refractivity contribution < 1.29 is 81.7 Å². The summed E-state index contributed by atoms with van der Waals surface area (Å²) in [6.07, 6.45) is -0.870. The van der Waals surface area contributed by atoms with Crippen LogP contribution in [0.3, 0.4) is 0 Å². The molecule has 1 saturated heterocycles. The monoisotopic (exact) mass is 1130 g/mol. The van der Waals surface area contributed by atoms with E-state index in [2.05, 4.69) is 15.2 Å². The number of amides is 3. The summed E-state index contributed by atoms with van der Waals surface area (Å²) in [7, 11) is -5.44. The third kappa shape index (κ3) is 21.0. The topological polar surface area (TPSA) is 318 Å². The lowest BCUT2D eigenvalue weighted by atomic mass is 9.84. The first-order chi connectivity index (χ1) is 37.6. The molecule has 1 heterocycles. The smallest absolute Gasteiger partial charge is 0.329 e. The second-order valence-corrected chi connectivity index (χ2v) is 22.7. The zero-order valence-corrected chi connectivity index (χ0v) is 47.9. The van der Waals surface area contributed by atoms with Gasteiger partial charge in [0, 0.05) is 54.6 Å². The maximum atomic E-state index is 14.3.